The fourth-order valence-corrected chi connectivity index (χ4v) is 2.34. The second-order valence-electron chi connectivity index (χ2n) is 5.41. The first-order valence-corrected chi connectivity index (χ1v) is 8.09. The Kier molecular flexibility index (Phi) is 5.55. The third-order valence-corrected chi connectivity index (χ3v) is 3.66. The molecule has 0 aliphatic heterocycles. The minimum Gasteiger partial charge on any atom is -0.337 e. The Labute approximate surface area is 149 Å². The number of hydrogen-bond acceptors (Lipinski definition) is 4. The Bertz CT molecular complexity index is 695. The Hall–Kier alpha value is -1.30. The van der Waals surface area contributed by atoms with E-state index in [0.717, 1.165) is 11.1 Å². The van der Waals surface area contributed by atoms with Crippen molar-refractivity contribution in [3.8, 4) is 11.4 Å². The molecule has 0 spiro atoms. The predicted octanol–water partition coefficient (Wildman–Crippen LogP) is 4.15. The predicted molar refractivity (Wildman–Crippen MR) is 90.4 cm³/mol. The number of aryl methyl sites for hydroxylation is 1. The molecule has 1 amide bonds. The van der Waals surface area contributed by atoms with Crippen molar-refractivity contribution in [2.24, 2.45) is 0 Å². The van der Waals surface area contributed by atoms with Crippen LogP contribution in [-0.2, 0) is 11.3 Å². The summed E-state index contributed by atoms with van der Waals surface area (Å²) in [7, 11) is 0. The van der Waals surface area contributed by atoms with Gasteiger partial charge in [-0.15, -0.1) is 0 Å². The Balaban J connectivity index is 2.21. The standard InChI is InChI=1S/C15H16Cl3N3O2/c1-9(2)21(14(22)15(16,17)18)8-12-19-13(20-23-12)11-6-4-5-10(3)7-11/h4-7,9H,8H2,1-3H3. The van der Waals surface area contributed by atoms with Gasteiger partial charge in [0, 0.05) is 11.6 Å². The summed E-state index contributed by atoms with van der Waals surface area (Å²) in [5, 5.41) is 3.94. The average molecular weight is 377 g/mol. The van der Waals surface area contributed by atoms with E-state index >= 15 is 0 Å². The highest BCUT2D eigenvalue weighted by molar-refractivity contribution is 6.76. The molecule has 1 heterocycles. The van der Waals surface area contributed by atoms with Crippen molar-refractivity contribution in [2.75, 3.05) is 0 Å². The van der Waals surface area contributed by atoms with Crippen LogP contribution < -0.4 is 0 Å². The van der Waals surface area contributed by atoms with Crippen molar-refractivity contribution in [3.05, 3.63) is 35.7 Å². The van der Waals surface area contributed by atoms with Gasteiger partial charge in [0.15, 0.2) is 0 Å². The molecule has 1 aromatic carbocycles. The quantitative estimate of drug-likeness (QED) is 0.752. The van der Waals surface area contributed by atoms with Gasteiger partial charge in [-0.25, -0.2) is 0 Å². The van der Waals surface area contributed by atoms with Gasteiger partial charge in [-0.2, -0.15) is 4.98 Å². The molecule has 0 atom stereocenters. The van der Waals surface area contributed by atoms with Gasteiger partial charge < -0.3 is 9.42 Å². The van der Waals surface area contributed by atoms with Crippen molar-refractivity contribution in [1.29, 1.82) is 0 Å². The van der Waals surface area contributed by atoms with Crippen molar-refractivity contribution in [3.63, 3.8) is 0 Å². The molecule has 0 radical (unpaired) electrons. The largest absolute Gasteiger partial charge is 0.337 e. The molecule has 0 saturated heterocycles. The van der Waals surface area contributed by atoms with E-state index in [0.29, 0.717) is 5.82 Å². The van der Waals surface area contributed by atoms with Gasteiger partial charge in [0.05, 0.1) is 0 Å². The van der Waals surface area contributed by atoms with Gasteiger partial charge in [-0.1, -0.05) is 63.7 Å². The van der Waals surface area contributed by atoms with Crippen LogP contribution in [-0.4, -0.2) is 30.8 Å². The number of alkyl halides is 3. The number of carbonyl (C=O) groups excluding carboxylic acids is 1. The average Bonchev–Trinajstić information content (AvgIpc) is 2.91. The second-order valence-corrected chi connectivity index (χ2v) is 7.69. The van der Waals surface area contributed by atoms with E-state index in [1.807, 2.05) is 45.0 Å². The zero-order valence-electron chi connectivity index (χ0n) is 12.9. The second kappa shape index (κ2) is 7.07. The Morgan fingerprint density at radius 3 is 2.61 bits per heavy atom. The topological polar surface area (TPSA) is 59.2 Å². The number of aromatic nitrogens is 2. The monoisotopic (exact) mass is 375 g/mol. The number of rotatable bonds is 4. The van der Waals surface area contributed by atoms with Crippen LogP contribution >= 0.6 is 34.8 Å². The van der Waals surface area contributed by atoms with Crippen molar-refractivity contribution in [2.45, 2.75) is 37.2 Å². The first-order valence-electron chi connectivity index (χ1n) is 6.96. The molecule has 0 unspecified atom stereocenters. The lowest BCUT2D eigenvalue weighted by molar-refractivity contribution is -0.133. The van der Waals surface area contributed by atoms with Crippen LogP contribution in [0.3, 0.4) is 0 Å². The summed E-state index contributed by atoms with van der Waals surface area (Å²) in [6, 6.07) is 7.53. The zero-order chi connectivity index (χ0) is 17.2. The van der Waals surface area contributed by atoms with Crippen molar-refractivity contribution < 1.29 is 9.32 Å². The molecule has 0 aliphatic rings. The van der Waals surface area contributed by atoms with Gasteiger partial charge in [0.2, 0.25) is 11.7 Å². The third kappa shape index (κ3) is 4.59. The molecule has 0 saturated carbocycles. The highest BCUT2D eigenvalue weighted by Crippen LogP contribution is 2.30. The van der Waals surface area contributed by atoms with Gasteiger partial charge in [0.1, 0.15) is 6.54 Å². The summed E-state index contributed by atoms with van der Waals surface area (Å²) in [4.78, 5) is 17.9. The van der Waals surface area contributed by atoms with Crippen LogP contribution in [0.1, 0.15) is 25.3 Å². The van der Waals surface area contributed by atoms with Crippen LogP contribution in [0.2, 0.25) is 0 Å². The van der Waals surface area contributed by atoms with E-state index in [4.69, 9.17) is 39.3 Å². The highest BCUT2D eigenvalue weighted by atomic mass is 35.6. The lowest BCUT2D eigenvalue weighted by Gasteiger charge is -2.27. The minimum absolute atomic E-state index is 0.0726. The maximum atomic E-state index is 12.2. The van der Waals surface area contributed by atoms with Crippen molar-refractivity contribution in [1.82, 2.24) is 15.0 Å². The van der Waals surface area contributed by atoms with Gasteiger partial charge in [0.25, 0.3) is 9.70 Å². The molecule has 8 heteroatoms. The molecule has 1 aromatic heterocycles. The molecule has 5 nitrogen and oxygen atoms in total. The van der Waals surface area contributed by atoms with E-state index < -0.39 is 9.70 Å². The zero-order valence-corrected chi connectivity index (χ0v) is 15.2. The minimum atomic E-state index is -2.02. The smallest absolute Gasteiger partial charge is 0.275 e. The first-order chi connectivity index (χ1) is 10.7. The number of halogens is 3. The maximum Gasteiger partial charge on any atom is 0.275 e. The molecule has 2 rings (SSSR count). The van der Waals surface area contributed by atoms with Crippen LogP contribution in [0.4, 0.5) is 0 Å². The number of benzene rings is 1. The van der Waals surface area contributed by atoms with Crippen LogP contribution in [0.5, 0.6) is 0 Å². The molecule has 23 heavy (non-hydrogen) atoms. The summed E-state index contributed by atoms with van der Waals surface area (Å²) in [6.45, 7) is 5.67. The summed E-state index contributed by atoms with van der Waals surface area (Å²) >= 11 is 17.0. The Morgan fingerprint density at radius 1 is 1.35 bits per heavy atom. The molecular weight excluding hydrogens is 361 g/mol. The van der Waals surface area contributed by atoms with E-state index in [2.05, 4.69) is 10.1 Å². The summed E-state index contributed by atoms with van der Waals surface area (Å²) in [6.07, 6.45) is 0. The van der Waals surface area contributed by atoms with E-state index in [1.54, 1.807) is 0 Å². The number of carbonyl (C=O) groups is 1. The number of hydrogen-bond donors (Lipinski definition) is 0. The fourth-order valence-electron chi connectivity index (χ4n) is 2.02. The molecular formula is C15H16Cl3N3O2. The van der Waals surface area contributed by atoms with Crippen LogP contribution in [0.25, 0.3) is 11.4 Å². The van der Waals surface area contributed by atoms with Gasteiger partial charge in [-0.3, -0.25) is 4.79 Å². The van der Waals surface area contributed by atoms with Crippen LogP contribution in [0, 0.1) is 6.92 Å². The Morgan fingerprint density at radius 2 is 2.04 bits per heavy atom. The van der Waals surface area contributed by atoms with Gasteiger partial charge >= 0.3 is 0 Å². The molecule has 0 N–H and O–H groups in total. The SMILES string of the molecule is Cc1cccc(-c2noc(CN(C(=O)C(Cl)(Cl)Cl)C(C)C)n2)c1. The molecule has 124 valence electrons. The summed E-state index contributed by atoms with van der Waals surface area (Å²) in [5.74, 6) is 0.0966. The highest BCUT2D eigenvalue weighted by Gasteiger charge is 2.37. The van der Waals surface area contributed by atoms with Crippen LogP contribution in [0.15, 0.2) is 28.8 Å². The van der Waals surface area contributed by atoms with E-state index in [1.165, 1.54) is 4.90 Å². The molecule has 0 aliphatic carbocycles. The number of nitrogens with zero attached hydrogens (tertiary/aromatic N) is 3. The van der Waals surface area contributed by atoms with E-state index in [-0.39, 0.29) is 18.5 Å². The summed E-state index contributed by atoms with van der Waals surface area (Å²) < 4.78 is 3.19. The molecule has 0 fully saturated rings. The lowest BCUT2D eigenvalue weighted by Crippen LogP contribution is -2.43. The fraction of sp³-hybridized carbons (Fsp3) is 0.400. The normalized spacial score (nSPS) is 11.8. The van der Waals surface area contributed by atoms with Crippen molar-refractivity contribution >= 4 is 40.7 Å². The lowest BCUT2D eigenvalue weighted by atomic mass is 10.1. The van der Waals surface area contributed by atoms with Gasteiger partial charge in [-0.05, 0) is 26.8 Å². The molecule has 0 bridgehead atoms. The number of amides is 1. The van der Waals surface area contributed by atoms with E-state index in [9.17, 15) is 4.79 Å². The first kappa shape index (κ1) is 18.0. The maximum absolute atomic E-state index is 12.2. The molecule has 2 aromatic rings. The third-order valence-electron chi connectivity index (χ3n) is 3.18. The summed E-state index contributed by atoms with van der Waals surface area (Å²) in [5.41, 5.74) is 1.92.